The number of amides is 1. The summed E-state index contributed by atoms with van der Waals surface area (Å²) >= 11 is 1.42. The smallest absolute Gasteiger partial charge is 0.244 e. The summed E-state index contributed by atoms with van der Waals surface area (Å²) in [5.41, 5.74) is 0. The number of piperidine rings is 3. The van der Waals surface area contributed by atoms with E-state index in [0.717, 1.165) is 11.4 Å². The Hall–Kier alpha value is -1.33. The van der Waals surface area contributed by atoms with Gasteiger partial charge in [-0.2, -0.15) is 0 Å². The maximum Gasteiger partial charge on any atom is 0.244 e. The minimum Gasteiger partial charge on any atom is -0.348 e. The van der Waals surface area contributed by atoms with Gasteiger partial charge in [-0.3, -0.25) is 4.79 Å². The maximum absolute atomic E-state index is 12.8. The number of carbonyl (C=O) groups excluding carboxylic acids is 1. The molecule has 0 spiro atoms. The highest BCUT2D eigenvalue weighted by Gasteiger charge is 2.34. The predicted octanol–water partition coefficient (Wildman–Crippen LogP) is 2.64. The molecule has 0 saturated carbocycles. The lowest BCUT2D eigenvalue weighted by Crippen LogP contribution is -2.57. The van der Waals surface area contributed by atoms with Crippen LogP contribution in [0.3, 0.4) is 0 Å². The first-order valence-electron chi connectivity index (χ1n) is 7.32. The van der Waals surface area contributed by atoms with E-state index >= 15 is 0 Å². The summed E-state index contributed by atoms with van der Waals surface area (Å²) in [5, 5.41) is 4.86. The molecule has 5 heteroatoms. The average molecular weight is 306 g/mol. The van der Waals surface area contributed by atoms with Crippen molar-refractivity contribution in [3.05, 3.63) is 41.6 Å². The molecule has 0 aromatic heterocycles. The summed E-state index contributed by atoms with van der Waals surface area (Å²) in [6, 6.07) is 6.54. The number of rotatable bonds is 4. The van der Waals surface area contributed by atoms with E-state index in [1.54, 1.807) is 23.6 Å². The van der Waals surface area contributed by atoms with Crippen LogP contribution in [0.4, 0.5) is 4.39 Å². The van der Waals surface area contributed by atoms with Crippen LogP contribution in [0.1, 0.15) is 12.8 Å². The summed E-state index contributed by atoms with van der Waals surface area (Å²) in [6.07, 6.45) is 3.95. The Labute approximate surface area is 128 Å². The molecule has 1 N–H and O–H groups in total. The third kappa shape index (κ3) is 3.86. The number of nitrogens with one attached hydrogen (secondary N) is 1. The fourth-order valence-corrected chi connectivity index (χ4v) is 3.69. The second-order valence-corrected chi connectivity index (χ2v) is 6.61. The van der Waals surface area contributed by atoms with Crippen LogP contribution in [0, 0.1) is 11.7 Å². The summed E-state index contributed by atoms with van der Waals surface area (Å²) in [5.74, 6) is 0.351. The Balaban J connectivity index is 1.47. The quantitative estimate of drug-likeness (QED) is 0.685. The van der Waals surface area contributed by atoms with Gasteiger partial charge in [-0.1, -0.05) is 11.8 Å². The molecular formula is C16H19FN2OS. The molecule has 4 rings (SSSR count). The first kappa shape index (κ1) is 14.6. The minimum atomic E-state index is -0.247. The van der Waals surface area contributed by atoms with E-state index in [0.29, 0.717) is 12.0 Å². The van der Waals surface area contributed by atoms with Gasteiger partial charge in [0.25, 0.3) is 0 Å². The molecule has 21 heavy (non-hydrogen) atoms. The predicted molar refractivity (Wildman–Crippen MR) is 82.5 cm³/mol. The van der Waals surface area contributed by atoms with E-state index < -0.39 is 0 Å². The number of carbonyl (C=O) groups is 1. The molecular weight excluding hydrogens is 287 g/mol. The molecule has 3 saturated heterocycles. The van der Waals surface area contributed by atoms with E-state index in [2.05, 4.69) is 10.2 Å². The number of fused-ring (bicyclic) bond motifs is 3. The second-order valence-electron chi connectivity index (χ2n) is 5.63. The zero-order valence-electron chi connectivity index (χ0n) is 11.8. The highest BCUT2D eigenvalue weighted by Crippen LogP contribution is 2.27. The van der Waals surface area contributed by atoms with Gasteiger partial charge in [-0.05, 0) is 61.5 Å². The average Bonchev–Trinajstić information content (AvgIpc) is 2.50. The van der Waals surface area contributed by atoms with Crippen molar-refractivity contribution in [1.29, 1.82) is 0 Å². The molecule has 3 heterocycles. The van der Waals surface area contributed by atoms with Gasteiger partial charge in [0.1, 0.15) is 5.82 Å². The van der Waals surface area contributed by atoms with Crippen LogP contribution in [0.5, 0.6) is 0 Å². The largest absolute Gasteiger partial charge is 0.348 e. The molecule has 1 atom stereocenters. The Morgan fingerprint density at radius 2 is 2.00 bits per heavy atom. The van der Waals surface area contributed by atoms with Crippen LogP contribution >= 0.6 is 11.8 Å². The van der Waals surface area contributed by atoms with Gasteiger partial charge < -0.3 is 10.2 Å². The molecule has 2 bridgehead atoms. The van der Waals surface area contributed by atoms with Crippen LogP contribution in [0.15, 0.2) is 40.6 Å². The molecule has 1 aromatic rings. The van der Waals surface area contributed by atoms with Crippen molar-refractivity contribution in [1.82, 2.24) is 10.2 Å². The van der Waals surface area contributed by atoms with Gasteiger partial charge in [0.05, 0.1) is 0 Å². The number of halogens is 1. The summed E-state index contributed by atoms with van der Waals surface area (Å²) < 4.78 is 12.8. The van der Waals surface area contributed by atoms with Gasteiger partial charge in [0.15, 0.2) is 0 Å². The zero-order chi connectivity index (χ0) is 14.7. The Morgan fingerprint density at radius 1 is 1.29 bits per heavy atom. The molecule has 3 aliphatic heterocycles. The Kier molecular flexibility index (Phi) is 4.60. The van der Waals surface area contributed by atoms with Crippen molar-refractivity contribution in [2.75, 3.05) is 19.6 Å². The first-order valence-corrected chi connectivity index (χ1v) is 8.20. The van der Waals surface area contributed by atoms with E-state index in [1.807, 2.05) is 0 Å². The molecule has 1 amide bonds. The maximum atomic E-state index is 12.8. The SMILES string of the molecule is O=C(C=CSc1ccc(F)cc1)NC1CN2CCC1CC2. The van der Waals surface area contributed by atoms with E-state index in [9.17, 15) is 9.18 Å². The lowest BCUT2D eigenvalue weighted by Gasteiger charge is -2.44. The molecule has 112 valence electrons. The van der Waals surface area contributed by atoms with Crippen molar-refractivity contribution in [3.8, 4) is 0 Å². The van der Waals surface area contributed by atoms with Crippen molar-refractivity contribution >= 4 is 17.7 Å². The minimum absolute atomic E-state index is 0.0386. The van der Waals surface area contributed by atoms with E-state index in [4.69, 9.17) is 0 Å². The van der Waals surface area contributed by atoms with Crippen molar-refractivity contribution in [2.24, 2.45) is 5.92 Å². The molecule has 0 radical (unpaired) electrons. The van der Waals surface area contributed by atoms with Gasteiger partial charge in [0, 0.05) is 23.6 Å². The monoisotopic (exact) mass is 306 g/mol. The third-order valence-corrected chi connectivity index (χ3v) is 5.04. The Morgan fingerprint density at radius 3 is 2.62 bits per heavy atom. The Bertz CT molecular complexity index is 524. The molecule has 3 fully saturated rings. The van der Waals surface area contributed by atoms with Gasteiger partial charge in [0.2, 0.25) is 5.91 Å². The van der Waals surface area contributed by atoms with Gasteiger partial charge >= 0.3 is 0 Å². The summed E-state index contributed by atoms with van der Waals surface area (Å²) in [7, 11) is 0. The van der Waals surface area contributed by atoms with Crippen molar-refractivity contribution < 1.29 is 9.18 Å². The van der Waals surface area contributed by atoms with Gasteiger partial charge in [-0.15, -0.1) is 0 Å². The topological polar surface area (TPSA) is 32.3 Å². The fourth-order valence-electron chi connectivity index (χ4n) is 3.05. The number of benzene rings is 1. The number of hydrogen-bond donors (Lipinski definition) is 1. The number of hydrogen-bond acceptors (Lipinski definition) is 3. The van der Waals surface area contributed by atoms with Gasteiger partial charge in [-0.25, -0.2) is 4.39 Å². The highest BCUT2D eigenvalue weighted by atomic mass is 32.2. The molecule has 1 aromatic carbocycles. The van der Waals surface area contributed by atoms with Crippen LogP contribution in [-0.2, 0) is 4.79 Å². The van der Waals surface area contributed by atoms with Crippen LogP contribution in [0.2, 0.25) is 0 Å². The van der Waals surface area contributed by atoms with E-state index in [-0.39, 0.29) is 11.7 Å². The van der Waals surface area contributed by atoms with Crippen LogP contribution in [-0.4, -0.2) is 36.5 Å². The summed E-state index contributed by atoms with van der Waals surface area (Å²) in [6.45, 7) is 3.33. The lowest BCUT2D eigenvalue weighted by atomic mass is 9.84. The van der Waals surface area contributed by atoms with E-state index in [1.165, 1.54) is 49.8 Å². The normalized spacial score (nSPS) is 28.0. The van der Waals surface area contributed by atoms with Crippen LogP contribution < -0.4 is 5.32 Å². The van der Waals surface area contributed by atoms with Crippen molar-refractivity contribution in [2.45, 2.75) is 23.8 Å². The highest BCUT2D eigenvalue weighted by molar-refractivity contribution is 8.02. The molecule has 3 nitrogen and oxygen atoms in total. The lowest BCUT2D eigenvalue weighted by molar-refractivity contribution is -0.118. The fraction of sp³-hybridized carbons (Fsp3) is 0.438. The number of thioether (sulfide) groups is 1. The summed E-state index contributed by atoms with van der Waals surface area (Å²) in [4.78, 5) is 15.3. The number of nitrogens with zero attached hydrogens (tertiary/aromatic N) is 1. The molecule has 3 aliphatic rings. The standard InChI is InChI=1S/C16H19FN2OS/c17-13-1-3-14(4-2-13)21-10-7-16(20)18-15-11-19-8-5-12(15)6-9-19/h1-4,7,10,12,15H,5-6,8-9,11H2,(H,18,20). The zero-order valence-corrected chi connectivity index (χ0v) is 12.6. The molecule has 0 aliphatic carbocycles. The second kappa shape index (κ2) is 6.62. The van der Waals surface area contributed by atoms with Crippen LogP contribution in [0.25, 0.3) is 0 Å². The third-order valence-electron chi connectivity index (χ3n) is 4.22. The molecule has 1 unspecified atom stereocenters. The van der Waals surface area contributed by atoms with Crippen molar-refractivity contribution in [3.63, 3.8) is 0 Å². The first-order chi connectivity index (χ1) is 10.2.